The first-order chi connectivity index (χ1) is 9.72. The summed E-state index contributed by atoms with van der Waals surface area (Å²) < 4.78 is 1.62. The Morgan fingerprint density at radius 2 is 2.20 bits per heavy atom. The maximum absolute atomic E-state index is 12.8. The summed E-state index contributed by atoms with van der Waals surface area (Å²) in [5.74, 6) is -0.00736. The van der Waals surface area contributed by atoms with Crippen LogP contribution in [-0.2, 0) is 13.5 Å². The fourth-order valence-electron chi connectivity index (χ4n) is 2.74. The minimum atomic E-state index is -0.00736. The monoisotopic (exact) mass is 267 g/mol. The number of anilines is 1. The van der Waals surface area contributed by atoms with Gasteiger partial charge < -0.3 is 4.90 Å². The van der Waals surface area contributed by atoms with Gasteiger partial charge in [-0.25, -0.2) is 0 Å². The number of carbonyl (C=O) groups is 1. The SMILES string of the molecule is C=Cc1cnn(C)c1C(=O)N1CCCc2ccccc21. The van der Waals surface area contributed by atoms with Gasteiger partial charge in [0.1, 0.15) is 5.69 Å². The van der Waals surface area contributed by atoms with E-state index in [1.807, 2.05) is 23.1 Å². The van der Waals surface area contributed by atoms with Crippen molar-refractivity contribution < 1.29 is 4.79 Å². The third-order valence-electron chi connectivity index (χ3n) is 3.74. The lowest BCUT2D eigenvalue weighted by molar-refractivity contribution is 0.0976. The van der Waals surface area contributed by atoms with Crippen LogP contribution in [0.4, 0.5) is 5.69 Å². The molecule has 1 aromatic carbocycles. The zero-order chi connectivity index (χ0) is 14.1. The third kappa shape index (κ3) is 1.93. The summed E-state index contributed by atoms with van der Waals surface area (Å²) in [6, 6.07) is 8.09. The van der Waals surface area contributed by atoms with Crippen molar-refractivity contribution in [3.63, 3.8) is 0 Å². The molecule has 0 spiro atoms. The second-order valence-electron chi connectivity index (χ2n) is 4.97. The van der Waals surface area contributed by atoms with Crippen LogP contribution in [0.25, 0.3) is 6.08 Å². The summed E-state index contributed by atoms with van der Waals surface area (Å²) in [6.45, 7) is 4.50. The Bertz CT molecular complexity index is 672. The molecular formula is C16H17N3O. The summed E-state index contributed by atoms with van der Waals surface area (Å²) in [4.78, 5) is 14.7. The Balaban J connectivity index is 2.04. The average molecular weight is 267 g/mol. The zero-order valence-corrected chi connectivity index (χ0v) is 11.5. The topological polar surface area (TPSA) is 38.1 Å². The van der Waals surface area contributed by atoms with E-state index in [4.69, 9.17) is 0 Å². The molecule has 0 fully saturated rings. The molecule has 1 aromatic heterocycles. The number of aryl methyl sites for hydroxylation is 2. The quantitative estimate of drug-likeness (QED) is 0.839. The highest BCUT2D eigenvalue weighted by molar-refractivity contribution is 6.07. The molecule has 1 aliphatic rings. The number of para-hydroxylation sites is 1. The highest BCUT2D eigenvalue weighted by Crippen LogP contribution is 2.28. The maximum Gasteiger partial charge on any atom is 0.277 e. The predicted molar refractivity (Wildman–Crippen MR) is 79.7 cm³/mol. The summed E-state index contributed by atoms with van der Waals surface area (Å²) >= 11 is 0. The Kier molecular flexibility index (Phi) is 3.14. The number of amides is 1. The van der Waals surface area contributed by atoms with Crippen molar-refractivity contribution in [1.29, 1.82) is 0 Å². The number of rotatable bonds is 2. The van der Waals surface area contributed by atoms with Crippen molar-refractivity contribution in [2.75, 3.05) is 11.4 Å². The fourth-order valence-corrected chi connectivity index (χ4v) is 2.74. The minimum absolute atomic E-state index is 0.00736. The van der Waals surface area contributed by atoms with E-state index in [2.05, 4.69) is 17.7 Å². The second-order valence-corrected chi connectivity index (χ2v) is 4.97. The van der Waals surface area contributed by atoms with E-state index in [0.717, 1.165) is 30.6 Å². The molecule has 4 heteroatoms. The Labute approximate surface area is 118 Å². The summed E-state index contributed by atoms with van der Waals surface area (Å²) in [5.41, 5.74) is 3.62. The molecule has 0 aliphatic carbocycles. The van der Waals surface area contributed by atoms with Crippen molar-refractivity contribution >= 4 is 17.7 Å². The second kappa shape index (κ2) is 4.96. The molecular weight excluding hydrogens is 250 g/mol. The first kappa shape index (κ1) is 12.7. The molecule has 0 saturated carbocycles. The van der Waals surface area contributed by atoms with E-state index >= 15 is 0 Å². The number of benzene rings is 1. The van der Waals surface area contributed by atoms with Gasteiger partial charge >= 0.3 is 0 Å². The van der Waals surface area contributed by atoms with E-state index in [9.17, 15) is 4.79 Å². The van der Waals surface area contributed by atoms with Gasteiger partial charge in [-0.15, -0.1) is 0 Å². The van der Waals surface area contributed by atoms with Crippen LogP contribution in [0.5, 0.6) is 0 Å². The maximum atomic E-state index is 12.8. The smallest absolute Gasteiger partial charge is 0.277 e. The molecule has 2 heterocycles. The molecule has 102 valence electrons. The number of carbonyl (C=O) groups excluding carboxylic acids is 1. The molecule has 0 atom stereocenters. The molecule has 3 rings (SSSR count). The lowest BCUT2D eigenvalue weighted by Gasteiger charge is -2.29. The lowest BCUT2D eigenvalue weighted by Crippen LogP contribution is -2.36. The van der Waals surface area contributed by atoms with Crippen molar-refractivity contribution in [3.05, 3.63) is 53.9 Å². The van der Waals surface area contributed by atoms with Gasteiger partial charge in [0, 0.05) is 24.8 Å². The molecule has 4 nitrogen and oxygen atoms in total. The van der Waals surface area contributed by atoms with Gasteiger partial charge in [-0.3, -0.25) is 9.48 Å². The highest BCUT2D eigenvalue weighted by atomic mass is 16.2. The largest absolute Gasteiger partial charge is 0.307 e. The number of aromatic nitrogens is 2. The third-order valence-corrected chi connectivity index (χ3v) is 3.74. The Hall–Kier alpha value is -2.36. The zero-order valence-electron chi connectivity index (χ0n) is 11.5. The van der Waals surface area contributed by atoms with Gasteiger partial charge in [0.25, 0.3) is 5.91 Å². The van der Waals surface area contributed by atoms with Gasteiger partial charge in [-0.1, -0.05) is 30.9 Å². The minimum Gasteiger partial charge on any atom is -0.307 e. The summed E-state index contributed by atoms with van der Waals surface area (Å²) in [5, 5.41) is 4.16. The number of nitrogens with zero attached hydrogens (tertiary/aromatic N) is 3. The van der Waals surface area contributed by atoms with Crippen molar-refractivity contribution in [3.8, 4) is 0 Å². The van der Waals surface area contributed by atoms with Gasteiger partial charge in [-0.05, 0) is 24.5 Å². The van der Waals surface area contributed by atoms with Gasteiger partial charge in [0.05, 0.1) is 6.20 Å². The highest BCUT2D eigenvalue weighted by Gasteiger charge is 2.26. The van der Waals surface area contributed by atoms with Crippen molar-refractivity contribution in [2.45, 2.75) is 12.8 Å². The predicted octanol–water partition coefficient (Wildman–Crippen LogP) is 2.66. The van der Waals surface area contributed by atoms with Crippen LogP contribution in [0.2, 0.25) is 0 Å². The molecule has 1 amide bonds. The van der Waals surface area contributed by atoms with E-state index < -0.39 is 0 Å². The van der Waals surface area contributed by atoms with Crippen molar-refractivity contribution in [1.82, 2.24) is 9.78 Å². The summed E-state index contributed by atoms with van der Waals surface area (Å²) in [7, 11) is 1.79. The molecule has 0 saturated heterocycles. The van der Waals surface area contributed by atoms with E-state index in [1.54, 1.807) is 24.0 Å². The lowest BCUT2D eigenvalue weighted by atomic mass is 10.0. The van der Waals surface area contributed by atoms with Crippen molar-refractivity contribution in [2.24, 2.45) is 7.05 Å². The van der Waals surface area contributed by atoms with Crippen LogP contribution < -0.4 is 4.90 Å². The molecule has 0 unspecified atom stereocenters. The van der Waals surface area contributed by atoms with E-state index in [1.165, 1.54) is 5.56 Å². The molecule has 0 radical (unpaired) electrons. The van der Waals surface area contributed by atoms with Gasteiger partial charge in [-0.2, -0.15) is 5.10 Å². The van der Waals surface area contributed by atoms with E-state index in [0.29, 0.717) is 5.69 Å². The molecule has 1 aliphatic heterocycles. The van der Waals surface area contributed by atoms with Crippen LogP contribution in [0.15, 0.2) is 37.0 Å². The normalized spacial score (nSPS) is 13.9. The summed E-state index contributed by atoms with van der Waals surface area (Å²) in [6.07, 6.45) is 5.37. The standard InChI is InChI=1S/C16H17N3O/c1-3-12-11-17-18(2)15(12)16(20)19-10-6-8-13-7-4-5-9-14(13)19/h3-5,7,9,11H,1,6,8,10H2,2H3. The number of hydrogen-bond acceptors (Lipinski definition) is 2. The Morgan fingerprint density at radius 1 is 1.40 bits per heavy atom. The van der Waals surface area contributed by atoms with Gasteiger partial charge in [0.15, 0.2) is 0 Å². The molecule has 20 heavy (non-hydrogen) atoms. The van der Waals surface area contributed by atoms with Crippen LogP contribution in [-0.4, -0.2) is 22.2 Å². The van der Waals surface area contributed by atoms with Crippen LogP contribution in [0.3, 0.4) is 0 Å². The Morgan fingerprint density at radius 3 is 3.00 bits per heavy atom. The van der Waals surface area contributed by atoms with Crippen LogP contribution in [0, 0.1) is 0 Å². The van der Waals surface area contributed by atoms with Crippen LogP contribution in [0.1, 0.15) is 28.0 Å². The first-order valence-corrected chi connectivity index (χ1v) is 6.76. The average Bonchev–Trinajstić information content (AvgIpc) is 2.87. The molecule has 0 N–H and O–H groups in total. The number of hydrogen-bond donors (Lipinski definition) is 0. The molecule has 2 aromatic rings. The molecule has 0 bridgehead atoms. The van der Waals surface area contributed by atoms with Crippen LogP contribution >= 0.6 is 0 Å². The fraction of sp³-hybridized carbons (Fsp3) is 0.250. The van der Waals surface area contributed by atoms with E-state index in [-0.39, 0.29) is 5.91 Å². The van der Waals surface area contributed by atoms with Gasteiger partial charge in [0.2, 0.25) is 0 Å². The first-order valence-electron chi connectivity index (χ1n) is 6.76. The number of fused-ring (bicyclic) bond motifs is 1.